The van der Waals surface area contributed by atoms with Crippen molar-refractivity contribution in [3.63, 3.8) is 0 Å². The van der Waals surface area contributed by atoms with Gasteiger partial charge in [0.05, 0.1) is 16.7 Å². The van der Waals surface area contributed by atoms with Gasteiger partial charge in [-0.25, -0.2) is 5.43 Å². The molecule has 7 nitrogen and oxygen atoms in total. The Morgan fingerprint density at radius 1 is 1.23 bits per heavy atom. The van der Waals surface area contributed by atoms with Gasteiger partial charge in [0, 0.05) is 6.07 Å². The molecule has 0 saturated heterocycles. The maximum Gasteiger partial charge on any atom is 0.278 e. The Balaban J connectivity index is 1.81. The number of nitro benzene ring substituents is 1. The molecule has 0 saturated carbocycles. The van der Waals surface area contributed by atoms with E-state index in [1.54, 1.807) is 18.2 Å². The van der Waals surface area contributed by atoms with Crippen molar-refractivity contribution >= 4 is 17.8 Å². The average Bonchev–Trinajstić information content (AvgIpc) is 2.66. The molecule has 0 aliphatic rings. The highest BCUT2D eigenvalue weighted by Crippen LogP contribution is 2.15. The van der Waals surface area contributed by atoms with Crippen LogP contribution >= 0.6 is 0 Å². The van der Waals surface area contributed by atoms with Gasteiger partial charge in [-0.1, -0.05) is 37.6 Å². The number of rotatable bonds is 9. The highest BCUT2D eigenvalue weighted by molar-refractivity contribution is 5.86. The number of amides is 1. The summed E-state index contributed by atoms with van der Waals surface area (Å²) in [7, 11) is 0. The minimum atomic E-state index is -0.504. The van der Waals surface area contributed by atoms with Crippen LogP contribution in [0.5, 0.6) is 5.75 Å². The van der Waals surface area contributed by atoms with Gasteiger partial charge in [-0.3, -0.25) is 14.9 Å². The van der Waals surface area contributed by atoms with E-state index in [0.717, 1.165) is 19.3 Å². The predicted molar refractivity (Wildman–Crippen MR) is 99.4 cm³/mol. The van der Waals surface area contributed by atoms with Gasteiger partial charge in [0.2, 0.25) is 0 Å². The zero-order chi connectivity index (χ0) is 18.8. The SMILES string of the molecule is CCCCc1ccc(OCC(=O)NN=Cc2ccccc2[N+](=O)[O-])cc1. The molecule has 0 aliphatic heterocycles. The van der Waals surface area contributed by atoms with E-state index in [2.05, 4.69) is 17.5 Å². The molecule has 1 amide bonds. The molecule has 0 radical (unpaired) electrons. The van der Waals surface area contributed by atoms with E-state index in [-0.39, 0.29) is 12.3 Å². The van der Waals surface area contributed by atoms with Crippen molar-refractivity contribution in [2.75, 3.05) is 6.61 Å². The molecule has 0 aromatic heterocycles. The number of nitrogens with zero attached hydrogens (tertiary/aromatic N) is 2. The molecule has 0 atom stereocenters. The third-order valence-corrected chi connectivity index (χ3v) is 3.64. The van der Waals surface area contributed by atoms with Gasteiger partial charge >= 0.3 is 0 Å². The van der Waals surface area contributed by atoms with E-state index >= 15 is 0 Å². The molecule has 2 aromatic carbocycles. The monoisotopic (exact) mass is 355 g/mol. The molecular weight excluding hydrogens is 334 g/mol. The summed E-state index contributed by atoms with van der Waals surface area (Å²) in [5, 5.41) is 14.6. The number of para-hydroxylation sites is 1. The molecular formula is C19H21N3O4. The summed E-state index contributed by atoms with van der Waals surface area (Å²) in [6.07, 6.45) is 4.54. The lowest BCUT2D eigenvalue weighted by Gasteiger charge is -2.06. The lowest BCUT2D eigenvalue weighted by Crippen LogP contribution is -2.24. The molecule has 0 spiro atoms. The van der Waals surface area contributed by atoms with Crippen LogP contribution in [0.25, 0.3) is 0 Å². The van der Waals surface area contributed by atoms with Crippen LogP contribution in [0.2, 0.25) is 0 Å². The predicted octanol–water partition coefficient (Wildman–Crippen LogP) is 3.47. The second kappa shape index (κ2) is 9.93. The summed E-state index contributed by atoms with van der Waals surface area (Å²) in [6.45, 7) is 1.96. The molecule has 0 aliphatic carbocycles. The van der Waals surface area contributed by atoms with Crippen LogP contribution < -0.4 is 10.2 Å². The van der Waals surface area contributed by atoms with E-state index < -0.39 is 10.8 Å². The van der Waals surface area contributed by atoms with Crippen molar-refractivity contribution < 1.29 is 14.5 Å². The molecule has 7 heteroatoms. The van der Waals surface area contributed by atoms with Gasteiger partial charge in [-0.05, 0) is 36.6 Å². The first-order valence-electron chi connectivity index (χ1n) is 8.37. The number of unbranched alkanes of at least 4 members (excludes halogenated alkanes) is 1. The highest BCUT2D eigenvalue weighted by atomic mass is 16.6. The Labute approximate surface area is 151 Å². The Bertz CT molecular complexity index is 773. The van der Waals surface area contributed by atoms with E-state index in [9.17, 15) is 14.9 Å². The number of nitro groups is 1. The number of carbonyl (C=O) groups is 1. The molecule has 2 aromatic rings. The van der Waals surface area contributed by atoms with Crippen molar-refractivity contribution in [2.45, 2.75) is 26.2 Å². The van der Waals surface area contributed by atoms with E-state index in [1.165, 1.54) is 17.8 Å². The number of benzene rings is 2. The Kier molecular flexibility index (Phi) is 7.30. The fourth-order valence-electron chi connectivity index (χ4n) is 2.25. The van der Waals surface area contributed by atoms with Gasteiger partial charge in [-0.15, -0.1) is 0 Å². The zero-order valence-corrected chi connectivity index (χ0v) is 14.6. The summed E-state index contributed by atoms with van der Waals surface area (Å²) in [5.41, 5.74) is 3.75. The normalized spacial score (nSPS) is 10.7. The second-order valence-electron chi connectivity index (χ2n) is 5.65. The van der Waals surface area contributed by atoms with Crippen molar-refractivity contribution in [1.29, 1.82) is 0 Å². The van der Waals surface area contributed by atoms with Crippen LogP contribution in [0, 0.1) is 10.1 Å². The largest absolute Gasteiger partial charge is 0.484 e. The Morgan fingerprint density at radius 3 is 2.65 bits per heavy atom. The zero-order valence-electron chi connectivity index (χ0n) is 14.6. The lowest BCUT2D eigenvalue weighted by atomic mass is 10.1. The van der Waals surface area contributed by atoms with Crippen LogP contribution in [-0.4, -0.2) is 23.7 Å². The quantitative estimate of drug-likeness (QED) is 0.423. The Morgan fingerprint density at radius 2 is 1.96 bits per heavy atom. The Hall–Kier alpha value is -3.22. The maximum absolute atomic E-state index is 11.7. The van der Waals surface area contributed by atoms with E-state index in [1.807, 2.05) is 24.3 Å². The van der Waals surface area contributed by atoms with Gasteiger partial charge < -0.3 is 4.74 Å². The molecule has 0 unspecified atom stereocenters. The maximum atomic E-state index is 11.7. The summed E-state index contributed by atoms with van der Waals surface area (Å²) >= 11 is 0. The van der Waals surface area contributed by atoms with Crippen LogP contribution in [0.4, 0.5) is 5.69 Å². The second-order valence-corrected chi connectivity index (χ2v) is 5.65. The van der Waals surface area contributed by atoms with Gasteiger partial charge in [0.25, 0.3) is 11.6 Å². The fraction of sp³-hybridized carbons (Fsp3) is 0.263. The first-order chi connectivity index (χ1) is 12.6. The van der Waals surface area contributed by atoms with Gasteiger partial charge in [0.1, 0.15) is 5.75 Å². The number of nitrogens with one attached hydrogen (secondary N) is 1. The van der Waals surface area contributed by atoms with Crippen molar-refractivity contribution in [2.24, 2.45) is 5.10 Å². The molecule has 26 heavy (non-hydrogen) atoms. The minimum absolute atomic E-state index is 0.0788. The van der Waals surface area contributed by atoms with Gasteiger partial charge in [-0.2, -0.15) is 5.10 Å². The molecule has 0 heterocycles. The number of aryl methyl sites for hydroxylation is 1. The summed E-state index contributed by atoms with van der Waals surface area (Å²) in [4.78, 5) is 22.1. The topological polar surface area (TPSA) is 93.8 Å². The smallest absolute Gasteiger partial charge is 0.278 e. The molecule has 2 rings (SSSR count). The van der Waals surface area contributed by atoms with Gasteiger partial charge in [0.15, 0.2) is 6.61 Å². The third kappa shape index (κ3) is 6.01. The van der Waals surface area contributed by atoms with Crippen LogP contribution in [0.15, 0.2) is 53.6 Å². The molecule has 0 fully saturated rings. The summed E-state index contributed by atoms with van der Waals surface area (Å²) in [6, 6.07) is 13.8. The number of ether oxygens (including phenoxy) is 1. The first kappa shape index (κ1) is 19.1. The molecule has 0 bridgehead atoms. The number of carbonyl (C=O) groups excluding carboxylic acids is 1. The van der Waals surface area contributed by atoms with Crippen LogP contribution in [-0.2, 0) is 11.2 Å². The average molecular weight is 355 g/mol. The number of hydrogen-bond donors (Lipinski definition) is 1. The van der Waals surface area contributed by atoms with E-state index in [4.69, 9.17) is 4.74 Å². The third-order valence-electron chi connectivity index (χ3n) is 3.64. The van der Waals surface area contributed by atoms with Crippen molar-refractivity contribution in [3.05, 3.63) is 69.8 Å². The number of hydrogen-bond acceptors (Lipinski definition) is 5. The number of hydrazone groups is 1. The minimum Gasteiger partial charge on any atom is -0.484 e. The van der Waals surface area contributed by atoms with Crippen molar-refractivity contribution in [1.82, 2.24) is 5.43 Å². The summed E-state index contributed by atoms with van der Waals surface area (Å²) in [5.74, 6) is 0.151. The van der Waals surface area contributed by atoms with E-state index in [0.29, 0.717) is 11.3 Å². The standard InChI is InChI=1S/C19H21N3O4/c1-2-3-6-15-9-11-17(12-10-15)26-14-19(23)21-20-13-16-7-4-5-8-18(16)22(24)25/h4-5,7-13H,2-3,6,14H2,1H3,(H,21,23). The lowest BCUT2D eigenvalue weighted by molar-refractivity contribution is -0.385. The highest BCUT2D eigenvalue weighted by Gasteiger charge is 2.10. The molecule has 1 N–H and O–H groups in total. The van der Waals surface area contributed by atoms with Crippen molar-refractivity contribution in [3.8, 4) is 5.75 Å². The summed E-state index contributed by atoms with van der Waals surface area (Å²) < 4.78 is 5.40. The van der Waals surface area contributed by atoms with Crippen LogP contribution in [0.1, 0.15) is 30.9 Å². The fourth-order valence-corrected chi connectivity index (χ4v) is 2.25. The van der Waals surface area contributed by atoms with Crippen LogP contribution in [0.3, 0.4) is 0 Å². The molecule has 136 valence electrons. The first-order valence-corrected chi connectivity index (χ1v) is 8.37.